The molecule has 2 nitrogen and oxygen atoms in total. The summed E-state index contributed by atoms with van der Waals surface area (Å²) >= 11 is 11.8. The van der Waals surface area contributed by atoms with Crippen molar-refractivity contribution < 1.29 is 9.53 Å². The molecule has 0 aromatic rings. The van der Waals surface area contributed by atoms with Gasteiger partial charge in [0.25, 0.3) is 0 Å². The van der Waals surface area contributed by atoms with Crippen LogP contribution >= 0.6 is 23.2 Å². The van der Waals surface area contributed by atoms with Crippen LogP contribution in [0.3, 0.4) is 0 Å². The molecule has 1 aliphatic carbocycles. The Hall–Kier alpha value is 0.210. The molecule has 4 heteroatoms. The lowest BCUT2D eigenvalue weighted by molar-refractivity contribution is -0.162. The van der Waals surface area contributed by atoms with Gasteiger partial charge in [0.05, 0.1) is 11.5 Å². The summed E-state index contributed by atoms with van der Waals surface area (Å²) in [6.07, 6.45) is 0.351. The normalized spacial score (nSPS) is 31.4. The Kier molecular flexibility index (Phi) is 3.21. The minimum absolute atomic E-state index is 0.113. The number of carbonyl (C=O) groups is 1. The van der Waals surface area contributed by atoms with Gasteiger partial charge in [-0.1, -0.05) is 30.1 Å². The predicted molar refractivity (Wildman–Crippen MR) is 57.9 cm³/mol. The van der Waals surface area contributed by atoms with Crippen LogP contribution in [0.15, 0.2) is 0 Å². The van der Waals surface area contributed by atoms with Crippen molar-refractivity contribution in [3.63, 3.8) is 0 Å². The van der Waals surface area contributed by atoms with E-state index in [1.807, 2.05) is 27.7 Å². The van der Waals surface area contributed by atoms with Gasteiger partial charge in [0.1, 0.15) is 6.10 Å². The molecule has 2 atom stereocenters. The lowest BCUT2D eigenvalue weighted by atomic mass is 9.77. The van der Waals surface area contributed by atoms with E-state index < -0.39 is 4.33 Å². The average Bonchev–Trinajstić information content (AvgIpc) is 2.02. The van der Waals surface area contributed by atoms with E-state index in [0.717, 1.165) is 6.42 Å². The van der Waals surface area contributed by atoms with Crippen LogP contribution in [0.2, 0.25) is 0 Å². The van der Waals surface area contributed by atoms with Crippen molar-refractivity contribution in [2.45, 2.75) is 50.2 Å². The van der Waals surface area contributed by atoms with E-state index in [0.29, 0.717) is 0 Å². The van der Waals surface area contributed by atoms with Crippen LogP contribution in [0.5, 0.6) is 0 Å². The molecule has 0 N–H and O–H groups in total. The summed E-state index contributed by atoms with van der Waals surface area (Å²) in [5, 5.41) is 0. The van der Waals surface area contributed by atoms with E-state index in [2.05, 4.69) is 0 Å². The van der Waals surface area contributed by atoms with Crippen molar-refractivity contribution >= 4 is 29.0 Å². The van der Waals surface area contributed by atoms with Crippen LogP contribution in [-0.4, -0.2) is 21.8 Å². The van der Waals surface area contributed by atoms with E-state index in [-0.39, 0.29) is 23.4 Å². The molecule has 1 saturated carbocycles. The second-order valence-corrected chi connectivity index (χ2v) is 6.04. The maximum absolute atomic E-state index is 11.5. The summed E-state index contributed by atoms with van der Waals surface area (Å²) in [6.45, 7) is 7.70. The summed E-state index contributed by atoms with van der Waals surface area (Å²) in [5.41, 5.74) is -0.326. The minimum atomic E-state index is -1.34. The molecule has 0 heterocycles. The maximum Gasteiger partial charge on any atom is 0.202 e. The molecule has 0 spiro atoms. The van der Waals surface area contributed by atoms with Crippen LogP contribution in [0.1, 0.15) is 34.1 Å². The smallest absolute Gasteiger partial charge is 0.202 e. The van der Waals surface area contributed by atoms with Crippen molar-refractivity contribution in [2.75, 3.05) is 0 Å². The van der Waals surface area contributed by atoms with Crippen LogP contribution in [0.4, 0.5) is 0 Å². The van der Waals surface area contributed by atoms with Crippen LogP contribution in [-0.2, 0) is 9.53 Å². The Balaban J connectivity index is 2.73. The molecule has 0 aromatic carbocycles. The summed E-state index contributed by atoms with van der Waals surface area (Å²) in [6, 6.07) is 0. The Bertz CT molecular complexity index is 243. The van der Waals surface area contributed by atoms with Gasteiger partial charge < -0.3 is 4.74 Å². The quantitative estimate of drug-likeness (QED) is 0.692. The fourth-order valence-electron chi connectivity index (χ4n) is 1.62. The van der Waals surface area contributed by atoms with Crippen LogP contribution < -0.4 is 0 Å². The number of ether oxygens (including phenoxy) is 1. The first-order valence-electron chi connectivity index (χ1n) is 4.80. The summed E-state index contributed by atoms with van der Waals surface area (Å²) < 4.78 is 4.34. The molecule has 82 valence electrons. The molecule has 0 unspecified atom stereocenters. The Morgan fingerprint density at radius 2 is 1.93 bits per heavy atom. The van der Waals surface area contributed by atoms with Gasteiger partial charge in [-0.3, -0.25) is 4.79 Å². The van der Waals surface area contributed by atoms with Gasteiger partial charge in [0.2, 0.25) is 4.33 Å². The molecular weight excluding hydrogens is 223 g/mol. The topological polar surface area (TPSA) is 26.3 Å². The highest BCUT2D eigenvalue weighted by molar-refractivity contribution is 6.61. The highest BCUT2D eigenvalue weighted by atomic mass is 35.5. The number of alkyl halides is 2. The zero-order valence-electron chi connectivity index (χ0n) is 8.93. The third kappa shape index (κ3) is 2.07. The third-order valence-corrected chi connectivity index (χ3v) is 3.11. The summed E-state index contributed by atoms with van der Waals surface area (Å²) in [5.74, 6) is -0.262. The number of Topliss-reactive ketones (excluding diaryl/α,β-unsaturated/α-hetero) is 1. The third-order valence-electron chi connectivity index (χ3n) is 2.31. The highest BCUT2D eigenvalue weighted by Gasteiger charge is 2.61. The molecule has 0 bridgehead atoms. The largest absolute Gasteiger partial charge is 0.368 e. The molecule has 0 amide bonds. The Labute approximate surface area is 94.9 Å². The summed E-state index contributed by atoms with van der Waals surface area (Å²) in [7, 11) is 0. The standard InChI is InChI=1S/C10H16Cl2O2/c1-5-6-7(13)10(11,12)8(6)14-9(2,3)4/h6,8H,5H2,1-4H3/t6-,8-/m0/s1. The van der Waals surface area contributed by atoms with Crippen molar-refractivity contribution in [2.24, 2.45) is 5.92 Å². The second kappa shape index (κ2) is 3.66. The number of hydrogen-bond donors (Lipinski definition) is 0. The lowest BCUT2D eigenvalue weighted by Crippen LogP contribution is -2.63. The first kappa shape index (κ1) is 12.3. The first-order chi connectivity index (χ1) is 6.20. The van der Waals surface area contributed by atoms with Gasteiger partial charge >= 0.3 is 0 Å². The Morgan fingerprint density at radius 1 is 1.43 bits per heavy atom. The fourth-order valence-corrected chi connectivity index (χ4v) is 2.29. The predicted octanol–water partition coefficient (Wildman–Crippen LogP) is 2.95. The molecule has 0 radical (unpaired) electrons. The number of rotatable bonds is 2. The van der Waals surface area contributed by atoms with Gasteiger partial charge in [-0.25, -0.2) is 0 Å². The number of hydrogen-bond acceptors (Lipinski definition) is 2. The van der Waals surface area contributed by atoms with Gasteiger partial charge in [0, 0.05) is 0 Å². The lowest BCUT2D eigenvalue weighted by Gasteiger charge is -2.47. The van der Waals surface area contributed by atoms with Crippen molar-refractivity contribution in [1.29, 1.82) is 0 Å². The van der Waals surface area contributed by atoms with Crippen molar-refractivity contribution in [3.8, 4) is 0 Å². The van der Waals surface area contributed by atoms with Crippen molar-refractivity contribution in [1.82, 2.24) is 0 Å². The second-order valence-electron chi connectivity index (χ2n) is 4.65. The number of ketones is 1. The van der Waals surface area contributed by atoms with Crippen LogP contribution in [0.25, 0.3) is 0 Å². The number of halogens is 2. The maximum atomic E-state index is 11.5. The van der Waals surface area contributed by atoms with E-state index >= 15 is 0 Å². The van der Waals surface area contributed by atoms with Gasteiger partial charge in [0.15, 0.2) is 5.78 Å². The van der Waals surface area contributed by atoms with E-state index in [9.17, 15) is 4.79 Å². The van der Waals surface area contributed by atoms with E-state index in [1.165, 1.54) is 0 Å². The highest BCUT2D eigenvalue weighted by Crippen LogP contribution is 2.48. The monoisotopic (exact) mass is 238 g/mol. The van der Waals surface area contributed by atoms with Gasteiger partial charge in [-0.15, -0.1) is 0 Å². The molecule has 1 fully saturated rings. The van der Waals surface area contributed by atoms with Crippen LogP contribution in [0, 0.1) is 5.92 Å². The van der Waals surface area contributed by atoms with E-state index in [1.54, 1.807) is 0 Å². The summed E-state index contributed by atoms with van der Waals surface area (Å²) in [4.78, 5) is 11.5. The first-order valence-corrected chi connectivity index (χ1v) is 5.55. The number of carbonyl (C=O) groups excluding carboxylic acids is 1. The van der Waals surface area contributed by atoms with E-state index in [4.69, 9.17) is 27.9 Å². The molecule has 0 saturated heterocycles. The fraction of sp³-hybridized carbons (Fsp3) is 0.900. The molecule has 1 aliphatic rings. The van der Waals surface area contributed by atoms with Gasteiger partial charge in [-0.2, -0.15) is 0 Å². The minimum Gasteiger partial charge on any atom is -0.368 e. The van der Waals surface area contributed by atoms with Crippen molar-refractivity contribution in [3.05, 3.63) is 0 Å². The van der Waals surface area contributed by atoms with Gasteiger partial charge in [-0.05, 0) is 27.2 Å². The zero-order valence-corrected chi connectivity index (χ0v) is 10.4. The molecular formula is C10H16Cl2O2. The zero-order chi connectivity index (χ0) is 11.1. The molecule has 0 aromatic heterocycles. The Morgan fingerprint density at radius 3 is 2.29 bits per heavy atom. The SMILES string of the molecule is CC[C@H]1C(=O)C(Cl)(Cl)[C@H]1OC(C)(C)C. The molecule has 0 aliphatic heterocycles. The average molecular weight is 239 g/mol. The molecule has 14 heavy (non-hydrogen) atoms. The molecule has 1 rings (SSSR count).